The Morgan fingerprint density at radius 3 is 2.33 bits per heavy atom. The van der Waals surface area contributed by atoms with Crippen LogP contribution in [0.15, 0.2) is 30.3 Å². The van der Waals surface area contributed by atoms with Crippen LogP contribution < -0.4 is 16.6 Å². The summed E-state index contributed by atoms with van der Waals surface area (Å²) in [4.78, 5) is 12.0. The summed E-state index contributed by atoms with van der Waals surface area (Å²) in [6, 6.07) is 5.63. The van der Waals surface area contributed by atoms with Crippen molar-refractivity contribution >= 4 is 17.3 Å². The molecule has 2 aromatic rings. The van der Waals surface area contributed by atoms with Crippen molar-refractivity contribution in [3.63, 3.8) is 0 Å². The van der Waals surface area contributed by atoms with E-state index in [4.69, 9.17) is 5.84 Å². The quantitative estimate of drug-likeness (QED) is 0.463. The maximum Gasteiger partial charge on any atom is 0.256 e. The number of nitrogens with one attached hydrogen (secondary N) is 2. The molecule has 21 heavy (non-hydrogen) atoms. The van der Waals surface area contributed by atoms with Crippen molar-refractivity contribution in [1.29, 1.82) is 0 Å². The molecule has 0 atom stereocenters. The zero-order chi connectivity index (χ0) is 15.6. The number of amides is 1. The third-order valence-corrected chi connectivity index (χ3v) is 2.90. The van der Waals surface area contributed by atoms with Crippen LogP contribution in [-0.4, -0.2) is 5.91 Å². The molecule has 0 aliphatic carbocycles. The molecule has 4 nitrogen and oxygen atoms in total. The van der Waals surface area contributed by atoms with E-state index < -0.39 is 29.0 Å². The number of halogens is 3. The Labute approximate surface area is 118 Å². The van der Waals surface area contributed by atoms with Crippen LogP contribution in [0.3, 0.4) is 0 Å². The molecule has 4 N–H and O–H groups in total. The molecule has 2 rings (SSSR count). The third kappa shape index (κ3) is 3.14. The van der Waals surface area contributed by atoms with Crippen molar-refractivity contribution in [3.8, 4) is 0 Å². The molecule has 0 saturated carbocycles. The highest BCUT2D eigenvalue weighted by atomic mass is 19.2. The maximum atomic E-state index is 13.5. The summed E-state index contributed by atoms with van der Waals surface area (Å²) < 4.78 is 39.4. The number of carbonyl (C=O) groups is 1. The average Bonchev–Trinajstić information content (AvgIpc) is 2.44. The number of benzene rings is 2. The highest BCUT2D eigenvalue weighted by molar-refractivity contribution is 6.05. The first-order valence-corrected chi connectivity index (χ1v) is 5.95. The summed E-state index contributed by atoms with van der Waals surface area (Å²) in [7, 11) is 0. The van der Waals surface area contributed by atoms with Crippen LogP contribution in [0, 0.1) is 24.4 Å². The van der Waals surface area contributed by atoms with Gasteiger partial charge in [-0.1, -0.05) is 0 Å². The lowest BCUT2D eigenvalue weighted by molar-refractivity contribution is 0.102. The summed E-state index contributed by atoms with van der Waals surface area (Å²) in [5.74, 6) is 0.985. The van der Waals surface area contributed by atoms with Gasteiger partial charge in [-0.05, 0) is 30.7 Å². The molecule has 0 heterocycles. The first-order chi connectivity index (χ1) is 9.92. The molecule has 0 aliphatic heterocycles. The van der Waals surface area contributed by atoms with Crippen molar-refractivity contribution < 1.29 is 18.0 Å². The minimum Gasteiger partial charge on any atom is -0.324 e. The smallest absolute Gasteiger partial charge is 0.256 e. The lowest BCUT2D eigenvalue weighted by Crippen LogP contribution is -2.15. The number of nitrogens with two attached hydrogens (primary N) is 1. The molecule has 0 fully saturated rings. The van der Waals surface area contributed by atoms with Gasteiger partial charge in [0.05, 0.1) is 5.69 Å². The lowest BCUT2D eigenvalue weighted by Gasteiger charge is -2.10. The normalized spacial score (nSPS) is 10.3. The van der Waals surface area contributed by atoms with Crippen molar-refractivity contribution in [2.24, 2.45) is 5.84 Å². The number of nitrogen functional groups attached to an aromatic ring is 1. The molecule has 110 valence electrons. The predicted octanol–water partition coefficient (Wildman–Crippen LogP) is 2.95. The molecule has 0 unspecified atom stereocenters. The zero-order valence-electron chi connectivity index (χ0n) is 11.0. The molecule has 0 saturated heterocycles. The zero-order valence-corrected chi connectivity index (χ0v) is 11.0. The molecule has 0 aliphatic rings. The minimum absolute atomic E-state index is 0.262. The van der Waals surface area contributed by atoms with Gasteiger partial charge in [-0.25, -0.2) is 13.2 Å². The Kier molecular flexibility index (Phi) is 4.13. The topological polar surface area (TPSA) is 67.1 Å². The second-order valence-corrected chi connectivity index (χ2v) is 4.37. The van der Waals surface area contributed by atoms with Gasteiger partial charge in [-0.3, -0.25) is 10.6 Å². The van der Waals surface area contributed by atoms with E-state index in [9.17, 15) is 18.0 Å². The standard InChI is InChI=1S/C14H12F3N3O/c1-7-4-8(20-18)2-3-9(7)14(21)19-13-6-11(16)10(15)5-12(13)17/h2-6,20H,18H2,1H3,(H,19,21). The van der Waals surface area contributed by atoms with E-state index in [1.807, 2.05) is 0 Å². The number of hydrogen-bond donors (Lipinski definition) is 3. The molecule has 0 aromatic heterocycles. The Balaban J connectivity index is 2.28. The summed E-state index contributed by atoms with van der Waals surface area (Å²) in [5, 5.41) is 2.20. The Bertz CT molecular complexity index is 704. The molecule has 0 bridgehead atoms. The Morgan fingerprint density at radius 1 is 1.05 bits per heavy atom. The highest BCUT2D eigenvalue weighted by Gasteiger charge is 2.15. The van der Waals surface area contributed by atoms with Gasteiger partial charge in [0.1, 0.15) is 5.82 Å². The number of anilines is 2. The van der Waals surface area contributed by atoms with Gasteiger partial charge in [-0.2, -0.15) is 0 Å². The van der Waals surface area contributed by atoms with E-state index in [-0.39, 0.29) is 5.56 Å². The van der Waals surface area contributed by atoms with E-state index in [1.54, 1.807) is 19.1 Å². The third-order valence-electron chi connectivity index (χ3n) is 2.90. The summed E-state index contributed by atoms with van der Waals surface area (Å²) in [5.41, 5.74) is 3.44. The fourth-order valence-corrected chi connectivity index (χ4v) is 1.82. The molecule has 0 radical (unpaired) electrons. The second kappa shape index (κ2) is 5.84. The van der Waals surface area contributed by atoms with E-state index >= 15 is 0 Å². The molecule has 0 spiro atoms. The molecular formula is C14H12F3N3O. The number of aryl methyl sites for hydroxylation is 1. The first kappa shape index (κ1) is 14.9. The Morgan fingerprint density at radius 2 is 1.71 bits per heavy atom. The fourth-order valence-electron chi connectivity index (χ4n) is 1.82. The second-order valence-electron chi connectivity index (χ2n) is 4.37. The van der Waals surface area contributed by atoms with E-state index in [0.29, 0.717) is 23.4 Å². The first-order valence-electron chi connectivity index (χ1n) is 5.95. The lowest BCUT2D eigenvalue weighted by atomic mass is 10.1. The summed E-state index contributed by atoms with van der Waals surface area (Å²) in [6.07, 6.45) is 0. The van der Waals surface area contributed by atoms with Crippen molar-refractivity contribution in [3.05, 3.63) is 58.9 Å². The molecule has 7 heteroatoms. The van der Waals surface area contributed by atoms with Gasteiger partial charge in [-0.15, -0.1) is 0 Å². The molecular weight excluding hydrogens is 283 g/mol. The molecule has 2 aromatic carbocycles. The highest BCUT2D eigenvalue weighted by Crippen LogP contribution is 2.21. The minimum atomic E-state index is -1.32. The van der Waals surface area contributed by atoms with Gasteiger partial charge >= 0.3 is 0 Å². The number of rotatable bonds is 3. The van der Waals surface area contributed by atoms with Crippen LogP contribution >= 0.6 is 0 Å². The van der Waals surface area contributed by atoms with Gasteiger partial charge in [0.2, 0.25) is 0 Å². The van der Waals surface area contributed by atoms with Crippen molar-refractivity contribution in [1.82, 2.24) is 0 Å². The molecule has 1 amide bonds. The maximum absolute atomic E-state index is 13.5. The SMILES string of the molecule is Cc1cc(NN)ccc1C(=O)Nc1cc(F)c(F)cc1F. The number of hydrogen-bond acceptors (Lipinski definition) is 3. The van der Waals surface area contributed by atoms with Crippen LogP contribution in [0.25, 0.3) is 0 Å². The number of carbonyl (C=O) groups excluding carboxylic acids is 1. The summed E-state index contributed by atoms with van der Waals surface area (Å²) >= 11 is 0. The van der Waals surface area contributed by atoms with Crippen LogP contribution in [0.4, 0.5) is 24.5 Å². The van der Waals surface area contributed by atoms with E-state index in [1.165, 1.54) is 6.07 Å². The number of hydrazine groups is 1. The van der Waals surface area contributed by atoms with Crippen LogP contribution in [0.1, 0.15) is 15.9 Å². The predicted molar refractivity (Wildman–Crippen MR) is 73.3 cm³/mol. The van der Waals surface area contributed by atoms with E-state index in [0.717, 1.165) is 0 Å². The Hall–Kier alpha value is -2.54. The van der Waals surface area contributed by atoms with Gasteiger partial charge in [0.15, 0.2) is 11.6 Å². The van der Waals surface area contributed by atoms with Crippen LogP contribution in [-0.2, 0) is 0 Å². The van der Waals surface area contributed by atoms with Gasteiger partial charge < -0.3 is 10.7 Å². The van der Waals surface area contributed by atoms with Gasteiger partial charge in [0, 0.05) is 23.4 Å². The van der Waals surface area contributed by atoms with Crippen LogP contribution in [0.5, 0.6) is 0 Å². The van der Waals surface area contributed by atoms with Crippen molar-refractivity contribution in [2.75, 3.05) is 10.7 Å². The average molecular weight is 295 g/mol. The van der Waals surface area contributed by atoms with E-state index in [2.05, 4.69) is 10.7 Å². The van der Waals surface area contributed by atoms with Gasteiger partial charge in [0.25, 0.3) is 5.91 Å². The largest absolute Gasteiger partial charge is 0.324 e. The fraction of sp³-hybridized carbons (Fsp3) is 0.0714. The van der Waals surface area contributed by atoms with Crippen LogP contribution in [0.2, 0.25) is 0 Å². The monoisotopic (exact) mass is 295 g/mol. The summed E-state index contributed by atoms with van der Waals surface area (Å²) in [6.45, 7) is 1.66. The van der Waals surface area contributed by atoms with Crippen molar-refractivity contribution in [2.45, 2.75) is 6.92 Å².